The summed E-state index contributed by atoms with van der Waals surface area (Å²) in [5.41, 5.74) is 1.31. The van der Waals surface area contributed by atoms with Crippen LogP contribution >= 0.6 is 37.2 Å². The van der Waals surface area contributed by atoms with Crippen LogP contribution in [-0.4, -0.2) is 74.6 Å². The molecule has 1 N–H and O–H groups in total. The van der Waals surface area contributed by atoms with Gasteiger partial charge in [0.25, 0.3) is 0 Å². The first-order chi connectivity index (χ1) is 11.7. The van der Waals surface area contributed by atoms with E-state index < -0.39 is 0 Å². The van der Waals surface area contributed by atoms with Crippen molar-refractivity contribution in [1.29, 1.82) is 0 Å². The first kappa shape index (κ1) is 26.3. The van der Waals surface area contributed by atoms with Crippen LogP contribution in [0.15, 0.2) is 30.3 Å². The number of hydrogen-bond donors (Lipinski definition) is 1. The molecule has 1 amide bonds. The molecule has 3 rings (SSSR count). The Bertz CT molecular complexity index is 521. The van der Waals surface area contributed by atoms with Gasteiger partial charge in [0.2, 0.25) is 5.91 Å². The van der Waals surface area contributed by atoms with Crippen molar-refractivity contribution in [2.24, 2.45) is 0 Å². The van der Waals surface area contributed by atoms with Crippen molar-refractivity contribution in [2.45, 2.75) is 25.3 Å². The second kappa shape index (κ2) is 13.5. The molecule has 0 bridgehead atoms. The highest BCUT2D eigenvalue weighted by molar-refractivity contribution is 5.86. The Morgan fingerprint density at radius 2 is 1.78 bits per heavy atom. The van der Waals surface area contributed by atoms with Crippen LogP contribution in [0.2, 0.25) is 0 Å². The van der Waals surface area contributed by atoms with Crippen LogP contribution in [0.25, 0.3) is 0 Å². The second-order valence-corrected chi connectivity index (χ2v) is 6.98. The van der Waals surface area contributed by atoms with Crippen molar-refractivity contribution < 1.29 is 4.79 Å². The number of hydrogen-bond acceptors (Lipinski definition) is 4. The number of piperazine rings is 1. The molecular formula is C19H33Cl3N4O. The van der Waals surface area contributed by atoms with E-state index in [1.54, 1.807) is 0 Å². The van der Waals surface area contributed by atoms with Crippen LogP contribution in [0.5, 0.6) is 0 Å². The molecule has 0 radical (unpaired) electrons. The molecule has 1 atom stereocenters. The summed E-state index contributed by atoms with van der Waals surface area (Å²) in [5.74, 6) is 0.275. The fourth-order valence-electron chi connectivity index (χ4n) is 3.58. The number of benzene rings is 1. The summed E-state index contributed by atoms with van der Waals surface area (Å²) in [7, 11) is 1.94. The first-order valence-electron chi connectivity index (χ1n) is 9.22. The molecule has 1 aromatic rings. The third-order valence-electron chi connectivity index (χ3n) is 5.25. The lowest BCUT2D eigenvalue weighted by Gasteiger charge is -2.36. The maximum Gasteiger partial charge on any atom is 0.223 e. The van der Waals surface area contributed by atoms with Gasteiger partial charge >= 0.3 is 0 Å². The summed E-state index contributed by atoms with van der Waals surface area (Å²) in [5, 5.41) is 3.40. The van der Waals surface area contributed by atoms with Crippen molar-refractivity contribution in [2.75, 3.05) is 57.8 Å². The van der Waals surface area contributed by atoms with Gasteiger partial charge in [-0.1, -0.05) is 18.2 Å². The number of anilines is 1. The zero-order chi connectivity index (χ0) is 16.8. The van der Waals surface area contributed by atoms with Gasteiger partial charge in [-0.2, -0.15) is 0 Å². The maximum atomic E-state index is 12.3. The molecule has 2 aliphatic heterocycles. The lowest BCUT2D eigenvalue weighted by atomic mass is 10.1. The summed E-state index contributed by atoms with van der Waals surface area (Å²) in [6, 6.07) is 11.0. The molecule has 0 saturated carbocycles. The van der Waals surface area contributed by atoms with Crippen LogP contribution < -0.4 is 10.2 Å². The lowest BCUT2D eigenvalue weighted by Crippen LogP contribution is -2.48. The van der Waals surface area contributed by atoms with Gasteiger partial charge < -0.3 is 15.1 Å². The minimum Gasteiger partial charge on any atom is -0.369 e. The van der Waals surface area contributed by atoms with Gasteiger partial charge in [0, 0.05) is 64.5 Å². The van der Waals surface area contributed by atoms with Crippen LogP contribution in [-0.2, 0) is 4.79 Å². The third-order valence-corrected chi connectivity index (χ3v) is 5.25. The van der Waals surface area contributed by atoms with Gasteiger partial charge in [-0.25, -0.2) is 0 Å². The van der Waals surface area contributed by atoms with Gasteiger partial charge in [0.05, 0.1) is 0 Å². The summed E-state index contributed by atoms with van der Waals surface area (Å²) < 4.78 is 0. The van der Waals surface area contributed by atoms with E-state index in [1.165, 1.54) is 12.1 Å². The smallest absolute Gasteiger partial charge is 0.223 e. The Morgan fingerprint density at radius 3 is 2.37 bits per heavy atom. The summed E-state index contributed by atoms with van der Waals surface area (Å²) in [6.45, 7) is 7.14. The quantitative estimate of drug-likeness (QED) is 0.739. The fourth-order valence-corrected chi connectivity index (χ4v) is 3.58. The van der Waals surface area contributed by atoms with E-state index in [2.05, 4.69) is 45.4 Å². The van der Waals surface area contributed by atoms with Gasteiger partial charge in [-0.15, -0.1) is 37.2 Å². The highest BCUT2D eigenvalue weighted by atomic mass is 35.5. The highest BCUT2D eigenvalue weighted by Crippen LogP contribution is 2.15. The Morgan fingerprint density at radius 1 is 1.11 bits per heavy atom. The molecule has 5 nitrogen and oxygen atoms in total. The molecule has 0 aliphatic carbocycles. The van der Waals surface area contributed by atoms with Crippen molar-refractivity contribution in [1.82, 2.24) is 15.1 Å². The van der Waals surface area contributed by atoms with Crippen LogP contribution in [0.4, 0.5) is 5.69 Å². The molecule has 2 saturated heterocycles. The predicted octanol–water partition coefficient (Wildman–Crippen LogP) is 2.67. The molecule has 2 fully saturated rings. The summed E-state index contributed by atoms with van der Waals surface area (Å²) >= 11 is 0. The molecule has 2 heterocycles. The van der Waals surface area contributed by atoms with Gasteiger partial charge in [-0.05, 0) is 31.5 Å². The number of para-hydroxylation sites is 1. The molecule has 2 aliphatic rings. The molecular weight excluding hydrogens is 407 g/mol. The van der Waals surface area contributed by atoms with Crippen molar-refractivity contribution in [3.63, 3.8) is 0 Å². The number of halogens is 3. The molecule has 156 valence electrons. The van der Waals surface area contributed by atoms with Crippen molar-refractivity contribution in [3.05, 3.63) is 30.3 Å². The molecule has 1 aromatic carbocycles. The number of nitrogens with one attached hydrogen (secondary N) is 1. The van der Waals surface area contributed by atoms with Crippen LogP contribution in [0, 0.1) is 0 Å². The van der Waals surface area contributed by atoms with Gasteiger partial charge in [0.15, 0.2) is 0 Å². The molecule has 1 unspecified atom stereocenters. The monoisotopic (exact) mass is 438 g/mol. The fraction of sp³-hybridized carbons (Fsp3) is 0.632. The molecule has 8 heteroatoms. The van der Waals surface area contributed by atoms with E-state index in [4.69, 9.17) is 0 Å². The van der Waals surface area contributed by atoms with Crippen molar-refractivity contribution >= 4 is 48.8 Å². The largest absolute Gasteiger partial charge is 0.369 e. The first-order valence-corrected chi connectivity index (χ1v) is 9.22. The van der Waals surface area contributed by atoms with Gasteiger partial charge in [0.1, 0.15) is 0 Å². The number of likely N-dealkylation sites (N-methyl/N-ethyl adjacent to an activating group) is 1. The van der Waals surface area contributed by atoms with E-state index in [0.717, 1.165) is 52.2 Å². The highest BCUT2D eigenvalue weighted by Gasteiger charge is 2.21. The zero-order valence-electron chi connectivity index (χ0n) is 16.0. The minimum absolute atomic E-state index is 0. The van der Waals surface area contributed by atoms with E-state index >= 15 is 0 Å². The zero-order valence-corrected chi connectivity index (χ0v) is 18.5. The Labute approximate surface area is 182 Å². The number of rotatable bonds is 6. The van der Waals surface area contributed by atoms with Crippen LogP contribution in [0.3, 0.4) is 0 Å². The maximum absolute atomic E-state index is 12.3. The third kappa shape index (κ3) is 8.04. The van der Waals surface area contributed by atoms with E-state index in [1.807, 2.05) is 11.9 Å². The SMILES string of the molecule is CN(CCN1CCN(c2ccccc2)CC1)C(=O)CC1CCCN1.Cl.Cl.Cl. The standard InChI is InChI=1S/C19H30N4O.3ClH/c1-21(19(24)16-17-6-5-9-20-17)10-11-22-12-14-23(15-13-22)18-7-3-2-4-8-18;;;/h2-4,7-8,17,20H,5-6,9-16H2,1H3;3*1H. The van der Waals surface area contributed by atoms with Gasteiger partial charge in [-0.3, -0.25) is 9.69 Å². The normalized spacial score (nSPS) is 19.4. The van der Waals surface area contributed by atoms with E-state index in [9.17, 15) is 4.79 Å². The van der Waals surface area contributed by atoms with E-state index in [0.29, 0.717) is 12.5 Å². The molecule has 0 aromatic heterocycles. The molecule has 0 spiro atoms. The average molecular weight is 440 g/mol. The van der Waals surface area contributed by atoms with E-state index in [-0.39, 0.29) is 43.1 Å². The predicted molar refractivity (Wildman–Crippen MR) is 120 cm³/mol. The topological polar surface area (TPSA) is 38.8 Å². The van der Waals surface area contributed by atoms with Crippen molar-refractivity contribution in [3.8, 4) is 0 Å². The molecule has 27 heavy (non-hydrogen) atoms. The Balaban J connectivity index is 0.00000225. The lowest BCUT2D eigenvalue weighted by molar-refractivity contribution is -0.130. The number of amides is 1. The Kier molecular flexibility index (Phi) is 13.1. The number of nitrogens with zero attached hydrogens (tertiary/aromatic N) is 3. The summed E-state index contributed by atoms with van der Waals surface area (Å²) in [6.07, 6.45) is 2.99. The summed E-state index contributed by atoms with van der Waals surface area (Å²) in [4.78, 5) is 19.1. The number of carbonyl (C=O) groups excluding carboxylic acids is 1. The minimum atomic E-state index is 0. The van der Waals surface area contributed by atoms with Crippen LogP contribution in [0.1, 0.15) is 19.3 Å². The average Bonchev–Trinajstić information content (AvgIpc) is 3.14. The Hall–Kier alpha value is -0.720. The number of carbonyl (C=O) groups is 1. The second-order valence-electron chi connectivity index (χ2n) is 6.98.